The highest BCUT2D eigenvalue weighted by Crippen LogP contribution is 2.27. The van der Waals surface area contributed by atoms with E-state index >= 15 is 0 Å². The summed E-state index contributed by atoms with van der Waals surface area (Å²) in [6.45, 7) is 2.16. The van der Waals surface area contributed by atoms with Crippen molar-refractivity contribution in [3.63, 3.8) is 0 Å². The number of carbonyl (C=O) groups is 1. The van der Waals surface area contributed by atoms with Gasteiger partial charge in [0.25, 0.3) is 0 Å². The first-order chi connectivity index (χ1) is 9.83. The molecule has 1 aromatic heterocycles. The predicted octanol–water partition coefficient (Wildman–Crippen LogP) is 1.97. The monoisotopic (exact) mass is 314 g/mol. The van der Waals surface area contributed by atoms with Crippen molar-refractivity contribution in [2.24, 2.45) is 13.0 Å². The van der Waals surface area contributed by atoms with Crippen LogP contribution in [0.3, 0.4) is 0 Å². The molecule has 0 unspecified atom stereocenters. The number of aromatic nitrogens is 1. The summed E-state index contributed by atoms with van der Waals surface area (Å²) in [5.74, 6) is -0.441. The molecule has 1 fully saturated rings. The summed E-state index contributed by atoms with van der Waals surface area (Å²) in [6.07, 6.45) is 6.24. The quantitative estimate of drug-likeness (QED) is 0.869. The molecule has 2 N–H and O–H groups in total. The van der Waals surface area contributed by atoms with Gasteiger partial charge in [0.1, 0.15) is 10.6 Å². The highest BCUT2D eigenvalue weighted by molar-refractivity contribution is 7.89. The SMILES string of the molecule is CCC1CCC(NS(=O)(=O)c2cc(C(=O)O)n(C)c2)CC1. The summed E-state index contributed by atoms with van der Waals surface area (Å²) in [7, 11) is -2.13. The van der Waals surface area contributed by atoms with Gasteiger partial charge in [0.05, 0.1) is 0 Å². The molecule has 1 aliphatic rings. The number of carboxylic acids is 1. The van der Waals surface area contributed by atoms with Crippen molar-refractivity contribution in [1.82, 2.24) is 9.29 Å². The van der Waals surface area contributed by atoms with E-state index in [2.05, 4.69) is 11.6 Å². The van der Waals surface area contributed by atoms with Crippen LogP contribution in [-0.4, -0.2) is 30.1 Å². The maximum atomic E-state index is 12.3. The molecule has 0 aromatic carbocycles. The van der Waals surface area contributed by atoms with Gasteiger partial charge in [-0.05, 0) is 37.7 Å². The first-order valence-corrected chi connectivity index (χ1v) is 8.73. The Balaban J connectivity index is 2.09. The maximum Gasteiger partial charge on any atom is 0.352 e. The molecule has 21 heavy (non-hydrogen) atoms. The van der Waals surface area contributed by atoms with Crippen molar-refractivity contribution >= 4 is 16.0 Å². The molecule has 0 aliphatic heterocycles. The van der Waals surface area contributed by atoms with Gasteiger partial charge < -0.3 is 9.67 Å². The van der Waals surface area contributed by atoms with Gasteiger partial charge in [0.15, 0.2) is 0 Å². The average Bonchev–Trinajstić information content (AvgIpc) is 2.82. The van der Waals surface area contributed by atoms with E-state index in [1.807, 2.05) is 0 Å². The lowest BCUT2D eigenvalue weighted by Gasteiger charge is -2.28. The summed E-state index contributed by atoms with van der Waals surface area (Å²) in [5, 5.41) is 8.99. The van der Waals surface area contributed by atoms with Gasteiger partial charge in [-0.25, -0.2) is 17.9 Å². The van der Waals surface area contributed by atoms with Crippen molar-refractivity contribution in [3.8, 4) is 0 Å². The number of hydrogen-bond acceptors (Lipinski definition) is 3. The topological polar surface area (TPSA) is 88.4 Å². The molecule has 1 saturated carbocycles. The lowest BCUT2D eigenvalue weighted by atomic mass is 9.85. The number of nitrogens with zero attached hydrogens (tertiary/aromatic N) is 1. The summed E-state index contributed by atoms with van der Waals surface area (Å²) in [6, 6.07) is 1.15. The number of aromatic carboxylic acids is 1. The Bertz CT molecular complexity index is 613. The minimum Gasteiger partial charge on any atom is -0.477 e. The van der Waals surface area contributed by atoms with Crippen LogP contribution in [0.5, 0.6) is 0 Å². The predicted molar refractivity (Wildman–Crippen MR) is 78.7 cm³/mol. The zero-order chi connectivity index (χ0) is 15.6. The van der Waals surface area contributed by atoms with Gasteiger partial charge in [0.2, 0.25) is 10.0 Å². The average molecular weight is 314 g/mol. The van der Waals surface area contributed by atoms with E-state index in [1.54, 1.807) is 0 Å². The smallest absolute Gasteiger partial charge is 0.352 e. The zero-order valence-corrected chi connectivity index (χ0v) is 13.2. The first kappa shape index (κ1) is 16.0. The number of rotatable bonds is 5. The van der Waals surface area contributed by atoms with Crippen molar-refractivity contribution in [2.75, 3.05) is 0 Å². The van der Waals surface area contributed by atoms with Crippen LogP contribution in [0.4, 0.5) is 0 Å². The second kappa shape index (κ2) is 6.19. The fourth-order valence-electron chi connectivity index (χ4n) is 2.87. The molecular formula is C14H22N2O4S. The van der Waals surface area contributed by atoms with E-state index in [9.17, 15) is 13.2 Å². The largest absolute Gasteiger partial charge is 0.477 e. The lowest BCUT2D eigenvalue weighted by Crippen LogP contribution is -2.37. The molecule has 0 atom stereocenters. The third-order valence-electron chi connectivity index (χ3n) is 4.26. The Kier molecular flexibility index (Phi) is 4.73. The number of sulfonamides is 1. The second-order valence-electron chi connectivity index (χ2n) is 5.72. The van der Waals surface area contributed by atoms with E-state index in [4.69, 9.17) is 5.11 Å². The molecule has 6 nitrogen and oxygen atoms in total. The van der Waals surface area contributed by atoms with Crippen LogP contribution in [0, 0.1) is 5.92 Å². The van der Waals surface area contributed by atoms with Crippen LogP contribution in [0.2, 0.25) is 0 Å². The van der Waals surface area contributed by atoms with E-state index in [0.717, 1.165) is 32.1 Å². The Morgan fingerprint density at radius 3 is 2.48 bits per heavy atom. The Morgan fingerprint density at radius 2 is 2.00 bits per heavy atom. The molecule has 0 bridgehead atoms. The minimum absolute atomic E-state index is 0.0139. The normalized spacial score (nSPS) is 23.1. The van der Waals surface area contributed by atoms with E-state index in [1.165, 1.54) is 23.9 Å². The molecule has 0 saturated heterocycles. The molecule has 1 heterocycles. The fourth-order valence-corrected chi connectivity index (χ4v) is 4.24. The summed E-state index contributed by atoms with van der Waals surface area (Å²) >= 11 is 0. The Hall–Kier alpha value is -1.34. The molecule has 0 spiro atoms. The van der Waals surface area contributed by atoms with Gasteiger partial charge in [-0.3, -0.25) is 0 Å². The third-order valence-corrected chi connectivity index (χ3v) is 5.74. The number of hydrogen-bond donors (Lipinski definition) is 2. The van der Waals surface area contributed by atoms with E-state index in [0.29, 0.717) is 5.92 Å². The highest BCUT2D eigenvalue weighted by Gasteiger charge is 2.26. The summed E-state index contributed by atoms with van der Waals surface area (Å²) < 4.78 is 28.7. The Morgan fingerprint density at radius 1 is 1.38 bits per heavy atom. The number of aryl methyl sites for hydroxylation is 1. The number of nitrogens with one attached hydrogen (secondary N) is 1. The van der Waals surface area contributed by atoms with Gasteiger partial charge in [-0.2, -0.15) is 0 Å². The van der Waals surface area contributed by atoms with Crippen LogP contribution < -0.4 is 4.72 Å². The maximum absolute atomic E-state index is 12.3. The van der Waals surface area contributed by atoms with E-state index < -0.39 is 16.0 Å². The Labute approximate surface area is 125 Å². The fraction of sp³-hybridized carbons (Fsp3) is 0.643. The van der Waals surface area contributed by atoms with Crippen LogP contribution in [0.1, 0.15) is 49.5 Å². The third kappa shape index (κ3) is 3.65. The first-order valence-electron chi connectivity index (χ1n) is 7.25. The van der Waals surface area contributed by atoms with Crippen LogP contribution in [-0.2, 0) is 17.1 Å². The molecule has 1 aliphatic carbocycles. The molecule has 118 valence electrons. The molecule has 7 heteroatoms. The van der Waals surface area contributed by atoms with Gasteiger partial charge in [-0.1, -0.05) is 13.3 Å². The van der Waals surface area contributed by atoms with Crippen molar-refractivity contribution in [2.45, 2.75) is 50.0 Å². The molecule has 0 amide bonds. The molecule has 2 rings (SSSR count). The highest BCUT2D eigenvalue weighted by atomic mass is 32.2. The van der Waals surface area contributed by atoms with Gasteiger partial charge in [-0.15, -0.1) is 0 Å². The molecular weight excluding hydrogens is 292 g/mol. The summed E-state index contributed by atoms with van der Waals surface area (Å²) in [4.78, 5) is 11.0. The van der Waals surface area contributed by atoms with Crippen LogP contribution in [0.25, 0.3) is 0 Å². The standard InChI is InChI=1S/C14H22N2O4S/c1-3-10-4-6-11(7-5-10)15-21(19,20)12-8-13(14(17)18)16(2)9-12/h8-11,15H,3-7H2,1-2H3,(H,17,18). The van der Waals surface area contributed by atoms with Gasteiger partial charge >= 0.3 is 5.97 Å². The van der Waals surface area contributed by atoms with Crippen molar-refractivity contribution in [3.05, 3.63) is 18.0 Å². The van der Waals surface area contributed by atoms with Crippen LogP contribution >= 0.6 is 0 Å². The van der Waals surface area contributed by atoms with Crippen LogP contribution in [0.15, 0.2) is 17.2 Å². The van der Waals surface area contributed by atoms with Gasteiger partial charge in [0, 0.05) is 19.3 Å². The zero-order valence-electron chi connectivity index (χ0n) is 12.4. The van der Waals surface area contributed by atoms with E-state index in [-0.39, 0.29) is 16.6 Å². The second-order valence-corrected chi connectivity index (χ2v) is 7.44. The lowest BCUT2D eigenvalue weighted by molar-refractivity contribution is 0.0686. The molecule has 1 aromatic rings. The van der Waals surface area contributed by atoms with Crippen molar-refractivity contribution < 1.29 is 18.3 Å². The molecule has 0 radical (unpaired) electrons. The minimum atomic E-state index is -3.65. The summed E-state index contributed by atoms with van der Waals surface area (Å²) in [5.41, 5.74) is -0.0370. The van der Waals surface area contributed by atoms with Crippen molar-refractivity contribution in [1.29, 1.82) is 0 Å². The number of carboxylic acid groups (broad SMARTS) is 1.